The van der Waals surface area contributed by atoms with Gasteiger partial charge in [-0.15, -0.1) is 0 Å². The summed E-state index contributed by atoms with van der Waals surface area (Å²) in [6.45, 7) is 3.97. The number of carbonyl (C=O) groups is 1. The number of hydrogen-bond acceptors (Lipinski definition) is 7. The number of nitrogens with two attached hydrogens (primary N) is 1. The van der Waals surface area contributed by atoms with Gasteiger partial charge in [0.15, 0.2) is 12.4 Å². The molecule has 2 aromatic heterocycles. The summed E-state index contributed by atoms with van der Waals surface area (Å²) in [4.78, 5) is 24.3. The molecular formula is C22H23FN6O2. The van der Waals surface area contributed by atoms with Crippen LogP contribution in [0.3, 0.4) is 0 Å². The molecule has 0 atom stereocenters. The number of carbonyl (C=O) groups excluding carboxylic acids is 1. The fourth-order valence-electron chi connectivity index (χ4n) is 3.43. The Hall–Kier alpha value is -3.75. The molecule has 0 unspecified atom stereocenters. The summed E-state index contributed by atoms with van der Waals surface area (Å²) >= 11 is 0. The van der Waals surface area contributed by atoms with Crippen LogP contribution in [0.15, 0.2) is 36.4 Å². The van der Waals surface area contributed by atoms with Crippen LogP contribution in [-0.2, 0) is 16.1 Å². The van der Waals surface area contributed by atoms with Gasteiger partial charge in [-0.1, -0.05) is 0 Å². The predicted molar refractivity (Wildman–Crippen MR) is 115 cm³/mol. The molecule has 1 aromatic carbocycles. The van der Waals surface area contributed by atoms with Gasteiger partial charge in [0.05, 0.1) is 0 Å². The summed E-state index contributed by atoms with van der Waals surface area (Å²) in [6, 6.07) is 8.35. The molecular weight excluding hydrogens is 399 g/mol. The van der Waals surface area contributed by atoms with Gasteiger partial charge >= 0.3 is 5.97 Å². The van der Waals surface area contributed by atoms with Gasteiger partial charge in [0, 0.05) is 29.2 Å². The molecule has 1 fully saturated rings. The molecule has 3 aromatic rings. The zero-order valence-electron chi connectivity index (χ0n) is 17.3. The third kappa shape index (κ3) is 5.06. The van der Waals surface area contributed by atoms with E-state index in [1.165, 1.54) is 36.7 Å². The molecule has 0 radical (unpaired) electrons. The second-order valence-electron chi connectivity index (χ2n) is 7.43. The average molecular weight is 422 g/mol. The third-order valence-corrected chi connectivity index (χ3v) is 4.98. The van der Waals surface area contributed by atoms with Gasteiger partial charge in [0.25, 0.3) is 0 Å². The molecule has 0 aliphatic heterocycles. The Morgan fingerprint density at radius 1 is 1.26 bits per heavy atom. The minimum atomic E-state index is -0.511. The molecule has 1 aliphatic rings. The van der Waals surface area contributed by atoms with Crippen molar-refractivity contribution in [3.8, 4) is 0 Å². The SMILES string of the molecule is Cc1cc(/C=C/C(=O)OCc2nc(N)nc(Nc3ccc(F)cc3)n2)c(C)n1C1CC1. The van der Waals surface area contributed by atoms with Crippen LogP contribution in [-0.4, -0.2) is 25.5 Å². The summed E-state index contributed by atoms with van der Waals surface area (Å²) in [6.07, 6.45) is 5.55. The van der Waals surface area contributed by atoms with Gasteiger partial charge < -0.3 is 20.4 Å². The number of ether oxygens (including phenoxy) is 1. The van der Waals surface area contributed by atoms with Crippen molar-refractivity contribution < 1.29 is 13.9 Å². The van der Waals surface area contributed by atoms with Crippen molar-refractivity contribution in [2.45, 2.75) is 39.3 Å². The van der Waals surface area contributed by atoms with Gasteiger partial charge in [-0.05, 0) is 68.7 Å². The first-order valence-corrected chi connectivity index (χ1v) is 9.95. The van der Waals surface area contributed by atoms with Crippen molar-refractivity contribution in [1.82, 2.24) is 19.5 Å². The van der Waals surface area contributed by atoms with E-state index in [1.807, 2.05) is 0 Å². The quantitative estimate of drug-likeness (QED) is 0.440. The molecule has 4 rings (SSSR count). The topological polar surface area (TPSA) is 108 Å². The maximum absolute atomic E-state index is 13.0. The van der Waals surface area contributed by atoms with Gasteiger partial charge in [0.2, 0.25) is 11.9 Å². The summed E-state index contributed by atoms with van der Waals surface area (Å²) in [5, 5.41) is 2.91. The summed E-state index contributed by atoms with van der Waals surface area (Å²) in [5.74, 6) is -0.508. The van der Waals surface area contributed by atoms with Crippen molar-refractivity contribution in [3.63, 3.8) is 0 Å². The Balaban J connectivity index is 1.38. The van der Waals surface area contributed by atoms with Crippen LogP contribution < -0.4 is 11.1 Å². The van der Waals surface area contributed by atoms with Crippen molar-refractivity contribution in [2.75, 3.05) is 11.1 Å². The lowest BCUT2D eigenvalue weighted by molar-refractivity contribution is -0.139. The Bertz CT molecular complexity index is 1140. The lowest BCUT2D eigenvalue weighted by Gasteiger charge is -2.07. The second-order valence-corrected chi connectivity index (χ2v) is 7.43. The van der Waals surface area contributed by atoms with Crippen LogP contribution in [0.1, 0.15) is 41.7 Å². The van der Waals surface area contributed by atoms with Crippen LogP contribution in [0.5, 0.6) is 0 Å². The monoisotopic (exact) mass is 422 g/mol. The van der Waals surface area contributed by atoms with Crippen LogP contribution in [0.25, 0.3) is 6.08 Å². The summed E-state index contributed by atoms with van der Waals surface area (Å²) in [7, 11) is 0. The highest BCUT2D eigenvalue weighted by molar-refractivity contribution is 5.87. The Labute approximate surface area is 179 Å². The Morgan fingerprint density at radius 2 is 2.00 bits per heavy atom. The summed E-state index contributed by atoms with van der Waals surface area (Å²) in [5.41, 5.74) is 9.64. The van der Waals surface area contributed by atoms with E-state index in [1.54, 1.807) is 18.2 Å². The average Bonchev–Trinajstić information content (AvgIpc) is 3.51. The fraction of sp³-hybridized carbons (Fsp3) is 0.273. The highest BCUT2D eigenvalue weighted by Crippen LogP contribution is 2.38. The fourth-order valence-corrected chi connectivity index (χ4v) is 3.43. The first-order valence-electron chi connectivity index (χ1n) is 9.95. The van der Waals surface area contributed by atoms with Crippen molar-refractivity contribution in [2.24, 2.45) is 0 Å². The van der Waals surface area contributed by atoms with Crippen molar-refractivity contribution in [1.29, 1.82) is 0 Å². The smallest absolute Gasteiger partial charge is 0.331 e. The molecule has 0 spiro atoms. The number of hydrogen-bond donors (Lipinski definition) is 2. The van der Waals surface area contributed by atoms with E-state index < -0.39 is 5.97 Å². The molecule has 2 heterocycles. The zero-order chi connectivity index (χ0) is 22.0. The first-order chi connectivity index (χ1) is 14.9. The third-order valence-electron chi connectivity index (χ3n) is 4.98. The van der Waals surface area contributed by atoms with Gasteiger partial charge in [-0.25, -0.2) is 9.18 Å². The van der Waals surface area contributed by atoms with Crippen LogP contribution >= 0.6 is 0 Å². The van der Waals surface area contributed by atoms with Crippen LogP contribution in [0.2, 0.25) is 0 Å². The molecule has 160 valence electrons. The molecule has 1 aliphatic carbocycles. The van der Waals surface area contributed by atoms with Gasteiger partial charge in [-0.2, -0.15) is 15.0 Å². The number of nitrogens with one attached hydrogen (secondary N) is 1. The number of nitrogens with zero attached hydrogens (tertiary/aromatic N) is 4. The number of benzene rings is 1. The molecule has 31 heavy (non-hydrogen) atoms. The van der Waals surface area contributed by atoms with Crippen molar-refractivity contribution >= 4 is 29.6 Å². The van der Waals surface area contributed by atoms with E-state index in [0.29, 0.717) is 11.7 Å². The number of anilines is 3. The minimum Gasteiger partial charge on any atom is -0.454 e. The van der Waals surface area contributed by atoms with E-state index in [9.17, 15) is 9.18 Å². The largest absolute Gasteiger partial charge is 0.454 e. The lowest BCUT2D eigenvalue weighted by atomic mass is 10.2. The van der Waals surface area contributed by atoms with E-state index >= 15 is 0 Å². The van der Waals surface area contributed by atoms with Gasteiger partial charge in [0.1, 0.15) is 5.82 Å². The van der Waals surface area contributed by atoms with Crippen LogP contribution in [0, 0.1) is 19.7 Å². The normalized spacial score (nSPS) is 13.5. The number of esters is 1. The highest BCUT2D eigenvalue weighted by Gasteiger charge is 2.26. The molecule has 0 bridgehead atoms. The maximum Gasteiger partial charge on any atom is 0.331 e. The lowest BCUT2D eigenvalue weighted by Crippen LogP contribution is -2.10. The first kappa shape index (κ1) is 20.5. The van der Waals surface area contributed by atoms with E-state index in [2.05, 4.69) is 44.7 Å². The zero-order valence-corrected chi connectivity index (χ0v) is 17.3. The van der Waals surface area contributed by atoms with E-state index in [0.717, 1.165) is 11.3 Å². The van der Waals surface area contributed by atoms with Gasteiger partial charge in [-0.3, -0.25) is 0 Å². The number of aryl methyl sites for hydroxylation is 1. The molecule has 0 amide bonds. The predicted octanol–water partition coefficient (Wildman–Crippen LogP) is 3.85. The molecule has 9 heteroatoms. The second kappa shape index (κ2) is 8.55. The molecule has 3 N–H and O–H groups in total. The van der Waals surface area contributed by atoms with E-state index in [4.69, 9.17) is 10.5 Å². The Morgan fingerprint density at radius 3 is 2.71 bits per heavy atom. The summed E-state index contributed by atoms with van der Waals surface area (Å²) < 4.78 is 20.6. The minimum absolute atomic E-state index is 0.0197. The number of rotatable bonds is 7. The van der Waals surface area contributed by atoms with Crippen molar-refractivity contribution in [3.05, 3.63) is 65.0 Å². The number of halogens is 1. The number of nitrogen functional groups attached to an aromatic ring is 1. The molecule has 0 saturated heterocycles. The van der Waals surface area contributed by atoms with Crippen LogP contribution in [0.4, 0.5) is 22.0 Å². The molecule has 8 nitrogen and oxygen atoms in total. The standard InChI is InChI=1S/C22H23FN6O2/c1-13-11-15(14(2)29(13)18-8-9-18)3-10-20(30)31-12-19-26-21(24)28-22(27-19)25-17-6-4-16(23)5-7-17/h3-7,10-11,18H,8-9,12H2,1-2H3,(H3,24,25,26,27,28)/b10-3+. The molecule has 1 saturated carbocycles. The number of aromatic nitrogens is 4. The highest BCUT2D eigenvalue weighted by atomic mass is 19.1. The van der Waals surface area contributed by atoms with E-state index in [-0.39, 0.29) is 30.1 Å². The Kier molecular flexibility index (Phi) is 5.66. The maximum atomic E-state index is 13.0.